The van der Waals surface area contributed by atoms with Crippen molar-refractivity contribution in [3.8, 4) is 0 Å². The molecule has 0 radical (unpaired) electrons. The highest BCUT2D eigenvalue weighted by Gasteiger charge is 2.33. The maximum absolute atomic E-state index is 12.6. The average Bonchev–Trinajstić information content (AvgIpc) is 3.19. The largest absolute Gasteiger partial charge is 0.346 e. The van der Waals surface area contributed by atoms with Gasteiger partial charge in [0.1, 0.15) is 0 Å². The van der Waals surface area contributed by atoms with E-state index in [2.05, 4.69) is 20.8 Å². The van der Waals surface area contributed by atoms with Crippen LogP contribution < -0.4 is 15.5 Å². The zero-order valence-electron chi connectivity index (χ0n) is 13.5. The molecule has 0 spiro atoms. The molecule has 3 N–H and O–H groups in total. The second kappa shape index (κ2) is 6.50. The third kappa shape index (κ3) is 3.01. The van der Waals surface area contributed by atoms with Crippen molar-refractivity contribution >= 4 is 29.1 Å². The summed E-state index contributed by atoms with van der Waals surface area (Å²) in [7, 11) is 0. The van der Waals surface area contributed by atoms with Crippen LogP contribution in [-0.4, -0.2) is 41.1 Å². The highest BCUT2D eigenvalue weighted by Crippen LogP contribution is 2.29. The molecule has 1 saturated heterocycles. The number of carbonyl (C=O) groups excluding carboxylic acids is 2. The van der Waals surface area contributed by atoms with E-state index in [4.69, 9.17) is 11.6 Å². The highest BCUT2D eigenvalue weighted by atomic mass is 35.5. The Kier molecular flexibility index (Phi) is 4.19. The number of benzene rings is 1. The molecule has 1 unspecified atom stereocenters. The van der Waals surface area contributed by atoms with E-state index in [1.165, 1.54) is 0 Å². The normalized spacial score (nSPS) is 19.8. The van der Waals surface area contributed by atoms with Gasteiger partial charge in [0.05, 0.1) is 16.8 Å². The summed E-state index contributed by atoms with van der Waals surface area (Å²) < 4.78 is 0. The number of aromatic amines is 1. The number of carbonyl (C=O) groups is 2. The first-order valence-electron chi connectivity index (χ1n) is 8.26. The highest BCUT2D eigenvalue weighted by molar-refractivity contribution is 6.33. The molecule has 0 saturated carbocycles. The van der Waals surface area contributed by atoms with Gasteiger partial charge in [0.25, 0.3) is 5.91 Å². The minimum absolute atomic E-state index is 0.0517. The molecule has 1 aromatic carbocycles. The summed E-state index contributed by atoms with van der Waals surface area (Å²) in [6.07, 6.45) is 1.08. The number of aromatic nitrogens is 2. The molecule has 2 amide bonds. The van der Waals surface area contributed by atoms with E-state index in [0.29, 0.717) is 29.5 Å². The first-order chi connectivity index (χ1) is 12.1. The second-order valence-electron chi connectivity index (χ2n) is 6.29. The summed E-state index contributed by atoms with van der Waals surface area (Å²) in [6, 6.07) is 6.95. The van der Waals surface area contributed by atoms with Gasteiger partial charge >= 0.3 is 0 Å². The number of H-pyrrole nitrogens is 1. The molecule has 2 aliphatic heterocycles. The predicted octanol–water partition coefficient (Wildman–Crippen LogP) is 1.24. The maximum atomic E-state index is 12.6. The zero-order valence-corrected chi connectivity index (χ0v) is 14.3. The molecule has 0 aliphatic carbocycles. The second-order valence-corrected chi connectivity index (χ2v) is 6.69. The summed E-state index contributed by atoms with van der Waals surface area (Å²) in [4.78, 5) is 26.5. The third-order valence-corrected chi connectivity index (χ3v) is 4.94. The van der Waals surface area contributed by atoms with Crippen molar-refractivity contribution < 1.29 is 9.59 Å². The van der Waals surface area contributed by atoms with Gasteiger partial charge in [-0.2, -0.15) is 5.10 Å². The van der Waals surface area contributed by atoms with E-state index in [-0.39, 0.29) is 24.3 Å². The lowest BCUT2D eigenvalue weighted by Gasteiger charge is -2.18. The summed E-state index contributed by atoms with van der Waals surface area (Å²) in [5.41, 5.74) is 3.00. The van der Waals surface area contributed by atoms with Gasteiger partial charge in [0, 0.05) is 43.7 Å². The van der Waals surface area contributed by atoms with Crippen LogP contribution in [0.3, 0.4) is 0 Å². The van der Waals surface area contributed by atoms with Crippen LogP contribution in [0.5, 0.6) is 0 Å². The molecule has 8 heteroatoms. The number of rotatable bonds is 3. The molecule has 25 heavy (non-hydrogen) atoms. The van der Waals surface area contributed by atoms with Crippen molar-refractivity contribution in [2.45, 2.75) is 25.4 Å². The van der Waals surface area contributed by atoms with E-state index in [9.17, 15) is 9.59 Å². The predicted molar refractivity (Wildman–Crippen MR) is 93.7 cm³/mol. The van der Waals surface area contributed by atoms with E-state index in [0.717, 1.165) is 24.2 Å². The summed E-state index contributed by atoms with van der Waals surface area (Å²) in [5.74, 6) is -0.302. The Morgan fingerprint density at radius 2 is 2.20 bits per heavy atom. The summed E-state index contributed by atoms with van der Waals surface area (Å²) in [5, 5.41) is 13.8. The Hall–Kier alpha value is -2.38. The van der Waals surface area contributed by atoms with Gasteiger partial charge in [-0.3, -0.25) is 14.7 Å². The van der Waals surface area contributed by atoms with E-state index < -0.39 is 0 Å². The van der Waals surface area contributed by atoms with Gasteiger partial charge in [0.15, 0.2) is 5.69 Å². The lowest BCUT2D eigenvalue weighted by Crippen LogP contribution is -2.38. The molecule has 7 nitrogen and oxygen atoms in total. The quantitative estimate of drug-likeness (QED) is 0.769. The van der Waals surface area contributed by atoms with Gasteiger partial charge in [-0.1, -0.05) is 23.7 Å². The van der Waals surface area contributed by atoms with E-state index in [1.54, 1.807) is 17.0 Å². The van der Waals surface area contributed by atoms with Crippen molar-refractivity contribution in [1.29, 1.82) is 0 Å². The van der Waals surface area contributed by atoms with E-state index in [1.807, 2.05) is 12.1 Å². The molecule has 1 fully saturated rings. The van der Waals surface area contributed by atoms with E-state index >= 15 is 0 Å². The molecule has 0 bridgehead atoms. The fraction of sp³-hybridized carbons (Fsp3) is 0.353. The molecule has 1 aromatic heterocycles. The number of amides is 2. The van der Waals surface area contributed by atoms with Crippen LogP contribution in [0, 0.1) is 0 Å². The number of anilines is 1. The lowest BCUT2D eigenvalue weighted by atomic mass is 10.1. The van der Waals surface area contributed by atoms with Crippen molar-refractivity contribution in [2.75, 3.05) is 18.0 Å². The number of fused-ring (bicyclic) bond motifs is 1. The average molecular weight is 360 g/mol. The van der Waals surface area contributed by atoms with Crippen molar-refractivity contribution in [3.63, 3.8) is 0 Å². The van der Waals surface area contributed by atoms with Crippen molar-refractivity contribution in [1.82, 2.24) is 20.8 Å². The molecular formula is C17H18ClN5O2. The fourth-order valence-corrected chi connectivity index (χ4v) is 3.61. The lowest BCUT2D eigenvalue weighted by molar-refractivity contribution is -0.117. The summed E-state index contributed by atoms with van der Waals surface area (Å²) >= 11 is 6.18. The van der Waals surface area contributed by atoms with Crippen LogP contribution in [0.15, 0.2) is 24.3 Å². The smallest absolute Gasteiger partial charge is 0.272 e. The van der Waals surface area contributed by atoms with Gasteiger partial charge in [0.2, 0.25) is 5.91 Å². The summed E-state index contributed by atoms with van der Waals surface area (Å²) in [6.45, 7) is 1.91. The van der Waals surface area contributed by atoms with Crippen LogP contribution in [-0.2, 0) is 17.8 Å². The SMILES string of the molecule is O=C(NC1CC(=O)N(c2ccccc2Cl)C1)c1n[nH]c2c1CNCC2. The molecule has 3 heterocycles. The van der Waals surface area contributed by atoms with Crippen LogP contribution in [0.1, 0.15) is 28.2 Å². The third-order valence-electron chi connectivity index (χ3n) is 4.62. The number of halogens is 1. The number of nitrogens with one attached hydrogen (secondary N) is 3. The Morgan fingerprint density at radius 3 is 3.04 bits per heavy atom. The molecule has 4 rings (SSSR count). The fourth-order valence-electron chi connectivity index (χ4n) is 3.37. The first-order valence-corrected chi connectivity index (χ1v) is 8.64. The van der Waals surface area contributed by atoms with Crippen LogP contribution >= 0.6 is 11.6 Å². The molecular weight excluding hydrogens is 342 g/mol. The van der Waals surface area contributed by atoms with Gasteiger partial charge < -0.3 is 15.5 Å². The molecule has 2 aliphatic rings. The number of nitrogens with zero attached hydrogens (tertiary/aromatic N) is 2. The van der Waals surface area contributed by atoms with Gasteiger partial charge in [-0.25, -0.2) is 0 Å². The van der Waals surface area contributed by atoms with Gasteiger partial charge in [-0.05, 0) is 12.1 Å². The Balaban J connectivity index is 1.47. The standard InChI is InChI=1S/C17H18ClN5O2/c18-12-3-1-2-4-14(12)23-9-10(7-15(23)24)20-17(25)16-11-8-19-6-5-13(11)21-22-16/h1-4,10,19H,5-9H2,(H,20,25)(H,21,22). The maximum Gasteiger partial charge on any atom is 0.272 e. The Morgan fingerprint density at radius 1 is 1.36 bits per heavy atom. The van der Waals surface area contributed by atoms with Crippen LogP contribution in [0.25, 0.3) is 0 Å². The number of hydrogen-bond donors (Lipinski definition) is 3. The van der Waals surface area contributed by atoms with Crippen molar-refractivity contribution in [3.05, 3.63) is 46.2 Å². The number of para-hydroxylation sites is 1. The first kappa shape index (κ1) is 16.1. The Bertz CT molecular complexity index is 834. The minimum atomic E-state index is -0.264. The monoisotopic (exact) mass is 359 g/mol. The van der Waals surface area contributed by atoms with Crippen molar-refractivity contribution in [2.24, 2.45) is 0 Å². The Labute approximate surface area is 149 Å². The topological polar surface area (TPSA) is 90.1 Å². The van der Waals surface area contributed by atoms with Gasteiger partial charge in [-0.15, -0.1) is 0 Å². The van der Waals surface area contributed by atoms with Crippen LogP contribution in [0.2, 0.25) is 5.02 Å². The minimum Gasteiger partial charge on any atom is -0.346 e. The molecule has 130 valence electrons. The molecule has 2 aromatic rings. The number of hydrogen-bond acceptors (Lipinski definition) is 4. The zero-order chi connectivity index (χ0) is 17.4. The molecule has 1 atom stereocenters. The van der Waals surface area contributed by atoms with Crippen LogP contribution in [0.4, 0.5) is 5.69 Å².